The molecule has 66 valence electrons. The van der Waals surface area contributed by atoms with Gasteiger partial charge in [-0.15, -0.1) is 0 Å². The Morgan fingerprint density at radius 1 is 1.42 bits per heavy atom. The fraction of sp³-hybridized carbons (Fsp3) is 0.143. The van der Waals surface area contributed by atoms with E-state index in [0.29, 0.717) is 11.6 Å². The van der Waals surface area contributed by atoms with Gasteiger partial charge in [-0.2, -0.15) is 0 Å². The summed E-state index contributed by atoms with van der Waals surface area (Å²) in [5, 5.41) is 7.42. The summed E-state index contributed by atoms with van der Waals surface area (Å²) in [5.74, 6) is 0.0926. The van der Waals surface area contributed by atoms with Gasteiger partial charge in [0.1, 0.15) is 11.6 Å². The van der Waals surface area contributed by atoms with E-state index >= 15 is 0 Å². The average Bonchev–Trinajstić information content (AvgIpc) is 1.84. The number of pyridine rings is 1. The Hall–Kier alpha value is -1.78. The van der Waals surface area contributed by atoms with Gasteiger partial charge in [0.25, 0.3) is 5.97 Å². The first-order valence-corrected chi connectivity index (χ1v) is 3.20. The van der Waals surface area contributed by atoms with Gasteiger partial charge < -0.3 is 16.6 Å². The normalized spacial score (nSPS) is 8.08. The van der Waals surface area contributed by atoms with E-state index in [2.05, 4.69) is 4.98 Å². The first-order chi connectivity index (χ1) is 5.52. The van der Waals surface area contributed by atoms with E-state index in [4.69, 9.17) is 21.4 Å². The van der Waals surface area contributed by atoms with Gasteiger partial charge in [-0.1, -0.05) is 6.07 Å². The molecule has 1 rings (SSSR count). The minimum absolute atomic E-state index is 0.463. The molecular weight excluding hydrogens is 158 g/mol. The maximum Gasteiger partial charge on any atom is 0.300 e. The van der Waals surface area contributed by atoms with E-state index < -0.39 is 5.97 Å². The molecule has 0 unspecified atom stereocenters. The van der Waals surface area contributed by atoms with E-state index in [9.17, 15) is 0 Å². The number of carboxylic acid groups (broad SMARTS) is 1. The summed E-state index contributed by atoms with van der Waals surface area (Å²) < 4.78 is 0. The summed E-state index contributed by atoms with van der Waals surface area (Å²) in [6, 6.07) is 5.14. The molecule has 0 aliphatic heterocycles. The second kappa shape index (κ2) is 4.95. The highest BCUT2D eigenvalue weighted by Crippen LogP contribution is 1.99. The van der Waals surface area contributed by atoms with Gasteiger partial charge in [0.15, 0.2) is 0 Å². The van der Waals surface area contributed by atoms with Crippen molar-refractivity contribution in [3.63, 3.8) is 0 Å². The van der Waals surface area contributed by atoms with E-state index in [1.807, 2.05) is 0 Å². The lowest BCUT2D eigenvalue weighted by atomic mass is 10.4. The molecule has 0 saturated heterocycles. The Morgan fingerprint density at radius 2 is 1.75 bits per heavy atom. The lowest BCUT2D eigenvalue weighted by molar-refractivity contribution is -0.134. The maximum atomic E-state index is 9.00. The summed E-state index contributed by atoms with van der Waals surface area (Å²) in [6.45, 7) is 1.08. The number of anilines is 2. The second-order valence-electron chi connectivity index (χ2n) is 2.01. The van der Waals surface area contributed by atoms with E-state index in [1.165, 1.54) is 0 Å². The van der Waals surface area contributed by atoms with Crippen LogP contribution in [0.1, 0.15) is 6.92 Å². The molecule has 0 aromatic carbocycles. The average molecular weight is 169 g/mol. The minimum atomic E-state index is -0.833. The van der Waals surface area contributed by atoms with Crippen LogP contribution in [0, 0.1) is 0 Å². The first-order valence-electron chi connectivity index (χ1n) is 3.20. The van der Waals surface area contributed by atoms with Crippen molar-refractivity contribution < 1.29 is 9.90 Å². The number of carboxylic acids is 1. The SMILES string of the molecule is CC(=O)O.Nc1cccc(N)n1. The predicted octanol–water partition coefficient (Wildman–Crippen LogP) is 0.337. The van der Waals surface area contributed by atoms with Crippen LogP contribution in [0.15, 0.2) is 18.2 Å². The summed E-state index contributed by atoms with van der Waals surface area (Å²) in [4.78, 5) is 12.7. The molecule has 1 aromatic heterocycles. The molecule has 0 radical (unpaired) electrons. The predicted molar refractivity (Wildman–Crippen MR) is 46.4 cm³/mol. The van der Waals surface area contributed by atoms with E-state index in [-0.39, 0.29) is 0 Å². The number of rotatable bonds is 0. The van der Waals surface area contributed by atoms with Crippen LogP contribution < -0.4 is 11.5 Å². The Kier molecular flexibility index (Phi) is 4.21. The molecule has 1 aromatic rings. The third kappa shape index (κ3) is 6.34. The zero-order valence-corrected chi connectivity index (χ0v) is 6.69. The van der Waals surface area contributed by atoms with Crippen molar-refractivity contribution in [3.05, 3.63) is 18.2 Å². The van der Waals surface area contributed by atoms with Gasteiger partial charge in [0, 0.05) is 6.92 Å². The summed E-state index contributed by atoms with van der Waals surface area (Å²) >= 11 is 0. The third-order valence-electron chi connectivity index (χ3n) is 0.792. The number of aliphatic carboxylic acids is 1. The zero-order chi connectivity index (χ0) is 9.56. The minimum Gasteiger partial charge on any atom is -0.481 e. The first kappa shape index (κ1) is 10.2. The molecule has 0 aliphatic rings. The number of nitrogens with zero attached hydrogens (tertiary/aromatic N) is 1. The van der Waals surface area contributed by atoms with Gasteiger partial charge in [0.2, 0.25) is 0 Å². The number of aromatic nitrogens is 1. The van der Waals surface area contributed by atoms with Gasteiger partial charge in [-0.25, -0.2) is 4.98 Å². The van der Waals surface area contributed by atoms with E-state index in [1.54, 1.807) is 18.2 Å². The standard InChI is InChI=1S/C5H7N3.C2H4O2/c6-4-2-1-3-5(7)8-4;1-2(3)4/h1-3H,(H4,6,7,8);1H3,(H,3,4). The van der Waals surface area contributed by atoms with Gasteiger partial charge in [-0.3, -0.25) is 4.79 Å². The van der Waals surface area contributed by atoms with Gasteiger partial charge >= 0.3 is 0 Å². The molecule has 0 fully saturated rings. The fourth-order valence-corrected chi connectivity index (χ4v) is 0.469. The van der Waals surface area contributed by atoms with Crippen LogP contribution in [0.3, 0.4) is 0 Å². The number of nitrogens with two attached hydrogens (primary N) is 2. The zero-order valence-electron chi connectivity index (χ0n) is 6.69. The van der Waals surface area contributed by atoms with E-state index in [0.717, 1.165) is 6.92 Å². The second-order valence-corrected chi connectivity index (χ2v) is 2.01. The van der Waals surface area contributed by atoms with Crippen molar-refractivity contribution in [2.75, 3.05) is 11.5 Å². The fourth-order valence-electron chi connectivity index (χ4n) is 0.469. The Balaban J connectivity index is 0.000000261. The molecule has 1 heterocycles. The summed E-state index contributed by atoms with van der Waals surface area (Å²) in [5.41, 5.74) is 10.5. The van der Waals surface area contributed by atoms with Gasteiger partial charge in [0.05, 0.1) is 0 Å². The molecular formula is C7H11N3O2. The molecule has 0 saturated carbocycles. The van der Waals surface area contributed by atoms with Crippen molar-refractivity contribution >= 4 is 17.6 Å². The molecule has 5 N–H and O–H groups in total. The van der Waals surface area contributed by atoms with Crippen molar-refractivity contribution in [1.29, 1.82) is 0 Å². The molecule has 0 bridgehead atoms. The van der Waals surface area contributed by atoms with Crippen LogP contribution in [0.5, 0.6) is 0 Å². The molecule has 0 aliphatic carbocycles. The monoisotopic (exact) mass is 169 g/mol. The molecule has 5 heteroatoms. The highest BCUT2D eigenvalue weighted by atomic mass is 16.4. The smallest absolute Gasteiger partial charge is 0.300 e. The number of nitrogen functional groups attached to an aromatic ring is 2. The van der Waals surface area contributed by atoms with Crippen molar-refractivity contribution in [2.45, 2.75) is 6.92 Å². The highest BCUT2D eigenvalue weighted by Gasteiger charge is 1.83. The maximum absolute atomic E-state index is 9.00. The topological polar surface area (TPSA) is 102 Å². The largest absolute Gasteiger partial charge is 0.481 e. The number of carbonyl (C=O) groups is 1. The van der Waals surface area contributed by atoms with Crippen LogP contribution in [-0.4, -0.2) is 16.1 Å². The van der Waals surface area contributed by atoms with Crippen LogP contribution in [0.4, 0.5) is 11.6 Å². The van der Waals surface area contributed by atoms with Crippen LogP contribution in [0.2, 0.25) is 0 Å². The quantitative estimate of drug-likeness (QED) is 0.519. The van der Waals surface area contributed by atoms with Crippen molar-refractivity contribution in [3.8, 4) is 0 Å². The Morgan fingerprint density at radius 3 is 1.92 bits per heavy atom. The van der Waals surface area contributed by atoms with Crippen molar-refractivity contribution in [1.82, 2.24) is 4.98 Å². The Labute approximate surface area is 70.0 Å². The molecule has 12 heavy (non-hydrogen) atoms. The van der Waals surface area contributed by atoms with Gasteiger partial charge in [-0.05, 0) is 12.1 Å². The lowest BCUT2D eigenvalue weighted by Crippen LogP contribution is -1.93. The van der Waals surface area contributed by atoms with Crippen LogP contribution >= 0.6 is 0 Å². The summed E-state index contributed by atoms with van der Waals surface area (Å²) in [7, 11) is 0. The third-order valence-corrected chi connectivity index (χ3v) is 0.792. The highest BCUT2D eigenvalue weighted by molar-refractivity contribution is 5.62. The van der Waals surface area contributed by atoms with Crippen LogP contribution in [-0.2, 0) is 4.79 Å². The number of hydrogen-bond donors (Lipinski definition) is 3. The van der Waals surface area contributed by atoms with Crippen molar-refractivity contribution in [2.24, 2.45) is 0 Å². The Bertz CT molecular complexity index is 241. The molecule has 0 atom stereocenters. The number of hydrogen-bond acceptors (Lipinski definition) is 4. The molecule has 0 amide bonds. The molecule has 5 nitrogen and oxygen atoms in total. The lowest BCUT2D eigenvalue weighted by Gasteiger charge is -1.90. The van der Waals surface area contributed by atoms with Crippen LogP contribution in [0.25, 0.3) is 0 Å². The summed E-state index contributed by atoms with van der Waals surface area (Å²) in [6.07, 6.45) is 0. The molecule has 0 spiro atoms.